The van der Waals surface area contributed by atoms with E-state index in [-0.39, 0.29) is 18.3 Å². The van der Waals surface area contributed by atoms with E-state index in [1.54, 1.807) is 0 Å². The van der Waals surface area contributed by atoms with Crippen LogP contribution in [-0.4, -0.2) is 31.9 Å². The average molecular weight is 316 g/mol. The van der Waals surface area contributed by atoms with Gasteiger partial charge in [-0.3, -0.25) is 0 Å². The van der Waals surface area contributed by atoms with Crippen molar-refractivity contribution in [1.29, 1.82) is 0 Å². The first-order valence-corrected chi connectivity index (χ1v) is 8.29. The molecule has 1 aromatic rings. The molecule has 0 spiro atoms. The number of hydrogen-bond acceptors (Lipinski definition) is 4. The Morgan fingerprint density at radius 1 is 1.22 bits per heavy atom. The lowest BCUT2D eigenvalue weighted by atomic mass is 9.77. The summed E-state index contributed by atoms with van der Waals surface area (Å²) in [7, 11) is 1.59. The van der Waals surface area contributed by atoms with Gasteiger partial charge in [0.25, 0.3) is 0 Å². The smallest absolute Gasteiger partial charge is 0.400 e. The maximum atomic E-state index is 6.18. The molecule has 4 nitrogen and oxygen atoms in total. The third-order valence-electron chi connectivity index (χ3n) is 4.84. The molecule has 126 valence electrons. The molecular formula is C18H29BN2O2. The van der Waals surface area contributed by atoms with Crippen LogP contribution in [0.4, 0.5) is 5.69 Å². The third-order valence-corrected chi connectivity index (χ3v) is 4.84. The largest absolute Gasteiger partial charge is 0.491 e. The van der Waals surface area contributed by atoms with Crippen molar-refractivity contribution in [2.24, 2.45) is 0 Å². The Bertz CT molecular complexity index is 581. The van der Waals surface area contributed by atoms with E-state index in [4.69, 9.17) is 15.0 Å². The number of anilines is 1. The van der Waals surface area contributed by atoms with Gasteiger partial charge in [0.1, 0.15) is 0 Å². The first-order chi connectivity index (χ1) is 10.7. The van der Waals surface area contributed by atoms with E-state index >= 15 is 0 Å². The summed E-state index contributed by atoms with van der Waals surface area (Å²) in [5, 5.41) is 3.21. The normalized spacial score (nSPS) is 20.1. The summed E-state index contributed by atoms with van der Waals surface area (Å²) in [4.78, 5) is 0. The molecule has 3 N–H and O–H groups in total. The van der Waals surface area contributed by atoms with E-state index in [1.807, 2.05) is 19.2 Å². The Morgan fingerprint density at radius 2 is 1.83 bits per heavy atom. The summed E-state index contributed by atoms with van der Waals surface area (Å²) >= 11 is 0. The second-order valence-electron chi connectivity index (χ2n) is 7.15. The first kappa shape index (κ1) is 18.0. The lowest BCUT2D eigenvalue weighted by Gasteiger charge is -2.32. The highest BCUT2D eigenvalue weighted by Gasteiger charge is 2.52. The van der Waals surface area contributed by atoms with Crippen LogP contribution in [0.5, 0.6) is 0 Å². The summed E-state index contributed by atoms with van der Waals surface area (Å²) < 4.78 is 12.4. The molecule has 0 bridgehead atoms. The van der Waals surface area contributed by atoms with Gasteiger partial charge in [-0.1, -0.05) is 19.1 Å². The van der Waals surface area contributed by atoms with E-state index < -0.39 is 0 Å². The quantitative estimate of drug-likeness (QED) is 0.647. The highest BCUT2D eigenvalue weighted by Crippen LogP contribution is 2.38. The molecule has 0 saturated carbocycles. The number of likely N-dealkylation sites (N-methyl/N-ethyl adjacent to an activating group) is 1. The zero-order valence-electron chi connectivity index (χ0n) is 15.2. The number of nitrogens with one attached hydrogen (secondary N) is 1. The summed E-state index contributed by atoms with van der Waals surface area (Å²) in [6, 6.07) is 6.14. The zero-order chi connectivity index (χ0) is 17.3. The number of rotatable bonds is 5. The highest BCUT2D eigenvalue weighted by atomic mass is 16.7. The van der Waals surface area contributed by atoms with E-state index in [9.17, 15) is 0 Å². The Morgan fingerprint density at radius 3 is 2.35 bits per heavy atom. The molecule has 5 heteroatoms. The van der Waals surface area contributed by atoms with Gasteiger partial charge in [-0.25, -0.2) is 0 Å². The van der Waals surface area contributed by atoms with Crippen LogP contribution in [0.2, 0.25) is 0 Å². The highest BCUT2D eigenvalue weighted by molar-refractivity contribution is 6.55. The van der Waals surface area contributed by atoms with Crippen molar-refractivity contribution < 1.29 is 9.31 Å². The molecular weight excluding hydrogens is 287 g/mol. The van der Waals surface area contributed by atoms with Crippen molar-refractivity contribution in [3.8, 4) is 0 Å². The van der Waals surface area contributed by atoms with Crippen LogP contribution in [0.1, 0.15) is 45.7 Å². The molecule has 0 atom stereocenters. The summed E-state index contributed by atoms with van der Waals surface area (Å²) in [6.07, 6.45) is 3.06. The molecule has 1 aliphatic heterocycles. The topological polar surface area (TPSA) is 56.5 Å². The summed E-state index contributed by atoms with van der Waals surface area (Å²) in [5.74, 6) is 0. The van der Waals surface area contributed by atoms with E-state index in [1.165, 1.54) is 0 Å². The van der Waals surface area contributed by atoms with Gasteiger partial charge in [0.05, 0.1) is 11.2 Å². The third kappa shape index (κ3) is 3.79. The molecule has 1 aromatic carbocycles. The van der Waals surface area contributed by atoms with E-state index in [2.05, 4.69) is 52.1 Å². The monoisotopic (exact) mass is 316 g/mol. The van der Waals surface area contributed by atoms with Crippen LogP contribution in [0, 0.1) is 0 Å². The van der Waals surface area contributed by atoms with Gasteiger partial charge in [0.2, 0.25) is 0 Å². The van der Waals surface area contributed by atoms with Crippen LogP contribution in [0.25, 0.3) is 6.08 Å². The first-order valence-electron chi connectivity index (χ1n) is 8.29. The SMILES string of the molecule is CCc1cc(C=C(CNC)B2OC(C)(C)C(C)(C)O2)ccc1N. The van der Waals surface area contributed by atoms with Gasteiger partial charge in [0, 0.05) is 12.2 Å². The molecule has 2 rings (SSSR count). The molecule has 0 aliphatic carbocycles. The van der Waals surface area contributed by atoms with Crippen molar-refractivity contribution in [2.45, 2.75) is 52.2 Å². The summed E-state index contributed by atoms with van der Waals surface area (Å²) in [5.41, 5.74) is 9.54. The van der Waals surface area contributed by atoms with Crippen molar-refractivity contribution in [3.05, 3.63) is 34.8 Å². The van der Waals surface area contributed by atoms with Gasteiger partial charge in [-0.05, 0) is 69.9 Å². The van der Waals surface area contributed by atoms with Gasteiger partial charge in [-0.15, -0.1) is 0 Å². The Balaban J connectivity index is 2.32. The number of aryl methyl sites for hydroxylation is 1. The standard InChI is InChI=1S/C18H29BN2O2/c1-7-14-10-13(8-9-16(14)20)11-15(12-21-6)19-22-17(2,3)18(4,5)23-19/h8-11,21H,7,12,20H2,1-6H3. The maximum Gasteiger partial charge on any atom is 0.491 e. The molecule has 1 heterocycles. The van der Waals surface area contributed by atoms with Crippen molar-refractivity contribution in [2.75, 3.05) is 19.3 Å². The van der Waals surface area contributed by atoms with Crippen LogP contribution < -0.4 is 11.1 Å². The molecule has 1 fully saturated rings. The second kappa shape index (κ2) is 6.67. The minimum Gasteiger partial charge on any atom is -0.400 e. The lowest BCUT2D eigenvalue weighted by molar-refractivity contribution is 0.00578. The summed E-state index contributed by atoms with van der Waals surface area (Å²) in [6.45, 7) is 11.1. The van der Waals surface area contributed by atoms with Crippen LogP contribution >= 0.6 is 0 Å². The van der Waals surface area contributed by atoms with Crippen molar-refractivity contribution in [1.82, 2.24) is 5.32 Å². The molecule has 0 amide bonds. The fraction of sp³-hybridized carbons (Fsp3) is 0.556. The van der Waals surface area contributed by atoms with E-state index in [0.717, 1.165) is 28.7 Å². The van der Waals surface area contributed by atoms with Gasteiger partial charge in [-0.2, -0.15) is 0 Å². The fourth-order valence-electron chi connectivity index (χ4n) is 2.64. The maximum absolute atomic E-state index is 6.18. The molecule has 1 aliphatic rings. The second-order valence-corrected chi connectivity index (χ2v) is 7.15. The van der Waals surface area contributed by atoms with Gasteiger partial charge >= 0.3 is 7.12 Å². The van der Waals surface area contributed by atoms with Gasteiger partial charge in [0.15, 0.2) is 0 Å². The molecule has 0 aromatic heterocycles. The van der Waals surface area contributed by atoms with Crippen LogP contribution in [0.15, 0.2) is 23.7 Å². The van der Waals surface area contributed by atoms with Crippen molar-refractivity contribution >= 4 is 18.9 Å². The molecule has 0 unspecified atom stereocenters. The minimum absolute atomic E-state index is 0.333. The Labute approximate surface area is 140 Å². The molecule has 1 saturated heterocycles. The van der Waals surface area contributed by atoms with Crippen molar-refractivity contribution in [3.63, 3.8) is 0 Å². The number of nitrogens with two attached hydrogens (primary N) is 1. The Hall–Kier alpha value is -1.30. The zero-order valence-corrected chi connectivity index (χ0v) is 15.2. The number of benzene rings is 1. The number of nitrogen functional groups attached to an aromatic ring is 1. The number of hydrogen-bond donors (Lipinski definition) is 2. The lowest BCUT2D eigenvalue weighted by Crippen LogP contribution is -2.41. The molecule has 23 heavy (non-hydrogen) atoms. The van der Waals surface area contributed by atoms with Gasteiger partial charge < -0.3 is 20.4 Å². The minimum atomic E-state index is -0.338. The predicted molar refractivity (Wildman–Crippen MR) is 98.2 cm³/mol. The fourth-order valence-corrected chi connectivity index (χ4v) is 2.64. The van der Waals surface area contributed by atoms with Crippen LogP contribution in [-0.2, 0) is 15.7 Å². The Kier molecular flexibility index (Phi) is 5.24. The van der Waals surface area contributed by atoms with E-state index in [0.29, 0.717) is 6.54 Å². The predicted octanol–water partition coefficient (Wildman–Crippen LogP) is 3.07. The molecule has 0 radical (unpaired) electrons. The average Bonchev–Trinajstić information content (AvgIpc) is 2.69. The van der Waals surface area contributed by atoms with Crippen LogP contribution in [0.3, 0.4) is 0 Å².